The Morgan fingerprint density at radius 3 is 2.70 bits per heavy atom. The first-order chi connectivity index (χ1) is 9.61. The Bertz CT molecular complexity index is 650. The zero-order valence-electron chi connectivity index (χ0n) is 11.0. The molecule has 3 rings (SSSR count). The minimum atomic E-state index is -0.385. The molecular weight excluding hydrogens is 259 g/mol. The lowest BCUT2D eigenvalue weighted by Crippen LogP contribution is -2.38. The highest BCUT2D eigenvalue weighted by molar-refractivity contribution is 5.96. The molecule has 0 radical (unpaired) electrons. The number of rotatable bonds is 2. The van der Waals surface area contributed by atoms with Crippen molar-refractivity contribution >= 4 is 11.7 Å². The van der Waals surface area contributed by atoms with Crippen LogP contribution in [0.1, 0.15) is 22.7 Å². The van der Waals surface area contributed by atoms with Gasteiger partial charge in [-0.2, -0.15) is 5.10 Å². The van der Waals surface area contributed by atoms with Gasteiger partial charge in [0.15, 0.2) is 5.82 Å². The molecule has 2 heterocycles. The number of hydrogen-bond acceptors (Lipinski definition) is 3. The molecule has 5 nitrogen and oxygen atoms in total. The third-order valence-electron chi connectivity index (χ3n) is 3.77. The summed E-state index contributed by atoms with van der Waals surface area (Å²) < 4.78 is 13.1. The molecule has 2 aromatic rings. The molecule has 0 saturated carbocycles. The van der Waals surface area contributed by atoms with E-state index in [1.807, 2.05) is 6.92 Å². The highest BCUT2D eigenvalue weighted by Gasteiger charge is 2.38. The van der Waals surface area contributed by atoms with Crippen molar-refractivity contribution in [2.75, 3.05) is 11.9 Å². The largest absolute Gasteiger partial charge is 0.330 e. The molecule has 0 aliphatic carbocycles. The molecule has 1 unspecified atom stereocenters. The molecule has 1 amide bonds. The predicted octanol–water partition coefficient (Wildman–Crippen LogP) is 1.52. The molecule has 1 aromatic heterocycles. The van der Waals surface area contributed by atoms with E-state index in [9.17, 15) is 9.18 Å². The highest BCUT2D eigenvalue weighted by Crippen LogP contribution is 2.40. The van der Waals surface area contributed by atoms with E-state index in [-0.39, 0.29) is 30.1 Å². The molecule has 0 fully saturated rings. The second-order valence-electron chi connectivity index (χ2n) is 4.97. The van der Waals surface area contributed by atoms with Crippen LogP contribution < -0.4 is 11.1 Å². The molecule has 20 heavy (non-hydrogen) atoms. The summed E-state index contributed by atoms with van der Waals surface area (Å²) in [5, 5.41) is 9.73. The van der Waals surface area contributed by atoms with E-state index in [0.29, 0.717) is 5.82 Å². The SMILES string of the molecule is Cc1[nH]nc2c1[C@H](c1ccc(F)cc1)C(CN)C(=O)N2. The number of nitrogens with zero attached hydrogens (tertiary/aromatic N) is 1. The number of aryl methyl sites for hydroxylation is 1. The van der Waals surface area contributed by atoms with Crippen LogP contribution in [0.5, 0.6) is 0 Å². The van der Waals surface area contributed by atoms with Gasteiger partial charge in [-0.3, -0.25) is 9.89 Å². The van der Waals surface area contributed by atoms with E-state index in [0.717, 1.165) is 16.8 Å². The summed E-state index contributed by atoms with van der Waals surface area (Å²) >= 11 is 0. The number of anilines is 1. The summed E-state index contributed by atoms with van der Waals surface area (Å²) in [6.07, 6.45) is 0. The molecule has 1 aromatic carbocycles. The Hall–Kier alpha value is -2.21. The lowest BCUT2D eigenvalue weighted by atomic mass is 9.78. The number of benzene rings is 1. The Kier molecular flexibility index (Phi) is 3.02. The van der Waals surface area contributed by atoms with Crippen LogP contribution in [-0.2, 0) is 4.79 Å². The van der Waals surface area contributed by atoms with Crippen molar-refractivity contribution in [3.05, 3.63) is 46.9 Å². The van der Waals surface area contributed by atoms with Gasteiger partial charge in [-0.1, -0.05) is 12.1 Å². The van der Waals surface area contributed by atoms with Crippen molar-refractivity contribution in [3.63, 3.8) is 0 Å². The zero-order valence-corrected chi connectivity index (χ0v) is 11.0. The lowest BCUT2D eigenvalue weighted by molar-refractivity contribution is -0.120. The summed E-state index contributed by atoms with van der Waals surface area (Å²) in [5.41, 5.74) is 8.43. The second-order valence-corrected chi connectivity index (χ2v) is 4.97. The molecule has 6 heteroatoms. The van der Waals surface area contributed by atoms with E-state index >= 15 is 0 Å². The maximum atomic E-state index is 13.1. The number of amides is 1. The fraction of sp³-hybridized carbons (Fsp3) is 0.286. The molecule has 1 aliphatic heterocycles. The van der Waals surface area contributed by atoms with Gasteiger partial charge in [0.2, 0.25) is 5.91 Å². The van der Waals surface area contributed by atoms with Crippen molar-refractivity contribution in [2.45, 2.75) is 12.8 Å². The number of hydrogen-bond donors (Lipinski definition) is 3. The predicted molar refractivity (Wildman–Crippen MR) is 72.7 cm³/mol. The molecule has 2 atom stereocenters. The van der Waals surface area contributed by atoms with Crippen LogP contribution in [0.3, 0.4) is 0 Å². The van der Waals surface area contributed by atoms with E-state index in [2.05, 4.69) is 15.5 Å². The molecule has 0 bridgehead atoms. The fourth-order valence-corrected chi connectivity index (χ4v) is 2.79. The first-order valence-electron chi connectivity index (χ1n) is 6.43. The molecule has 1 aliphatic rings. The Morgan fingerprint density at radius 1 is 1.35 bits per heavy atom. The van der Waals surface area contributed by atoms with Crippen LogP contribution >= 0.6 is 0 Å². The molecule has 4 N–H and O–H groups in total. The summed E-state index contributed by atoms with van der Waals surface area (Å²) in [6, 6.07) is 6.17. The van der Waals surface area contributed by atoms with Crippen LogP contribution in [0.2, 0.25) is 0 Å². The van der Waals surface area contributed by atoms with Crippen LogP contribution in [0.15, 0.2) is 24.3 Å². The number of nitrogens with two attached hydrogens (primary N) is 1. The summed E-state index contributed by atoms with van der Waals surface area (Å²) in [7, 11) is 0. The Morgan fingerprint density at radius 2 is 2.05 bits per heavy atom. The van der Waals surface area contributed by atoms with Crippen molar-refractivity contribution in [1.29, 1.82) is 0 Å². The van der Waals surface area contributed by atoms with Crippen molar-refractivity contribution in [1.82, 2.24) is 10.2 Å². The molecule has 0 saturated heterocycles. The number of H-pyrrole nitrogens is 1. The van der Waals surface area contributed by atoms with Crippen LogP contribution in [0.4, 0.5) is 10.2 Å². The number of aromatic nitrogens is 2. The smallest absolute Gasteiger partial charge is 0.230 e. The van der Waals surface area contributed by atoms with Crippen molar-refractivity contribution < 1.29 is 9.18 Å². The van der Waals surface area contributed by atoms with Gasteiger partial charge in [0.05, 0.1) is 5.92 Å². The Labute approximate surface area is 115 Å². The number of fused-ring (bicyclic) bond motifs is 1. The third kappa shape index (κ3) is 1.89. The van der Waals surface area contributed by atoms with Gasteiger partial charge in [-0.05, 0) is 24.6 Å². The van der Waals surface area contributed by atoms with Gasteiger partial charge in [0.1, 0.15) is 5.82 Å². The third-order valence-corrected chi connectivity index (χ3v) is 3.77. The quantitative estimate of drug-likeness (QED) is 0.776. The summed E-state index contributed by atoms with van der Waals surface area (Å²) in [5.74, 6) is -0.512. The molecule has 0 spiro atoms. The van der Waals surface area contributed by atoms with Gasteiger partial charge >= 0.3 is 0 Å². The topological polar surface area (TPSA) is 83.8 Å². The average molecular weight is 274 g/mol. The van der Waals surface area contributed by atoms with Gasteiger partial charge < -0.3 is 11.1 Å². The van der Waals surface area contributed by atoms with E-state index in [4.69, 9.17) is 5.73 Å². The lowest BCUT2D eigenvalue weighted by Gasteiger charge is -2.30. The van der Waals surface area contributed by atoms with E-state index in [1.165, 1.54) is 12.1 Å². The number of nitrogens with one attached hydrogen (secondary N) is 2. The summed E-state index contributed by atoms with van der Waals surface area (Å²) in [4.78, 5) is 12.1. The van der Waals surface area contributed by atoms with Gasteiger partial charge in [0, 0.05) is 23.7 Å². The first-order valence-corrected chi connectivity index (χ1v) is 6.43. The van der Waals surface area contributed by atoms with Crippen LogP contribution in [-0.4, -0.2) is 22.6 Å². The van der Waals surface area contributed by atoms with Crippen LogP contribution in [0.25, 0.3) is 0 Å². The number of carbonyl (C=O) groups is 1. The number of halogens is 1. The van der Waals surface area contributed by atoms with Gasteiger partial charge in [-0.15, -0.1) is 0 Å². The molecular formula is C14H15FN4O. The maximum absolute atomic E-state index is 13.1. The maximum Gasteiger partial charge on any atom is 0.230 e. The first kappa shape index (κ1) is 12.8. The van der Waals surface area contributed by atoms with Crippen molar-refractivity contribution in [2.24, 2.45) is 11.7 Å². The van der Waals surface area contributed by atoms with Crippen LogP contribution in [0, 0.1) is 18.7 Å². The summed E-state index contributed by atoms with van der Waals surface area (Å²) in [6.45, 7) is 2.12. The van der Waals surface area contributed by atoms with Crippen molar-refractivity contribution in [3.8, 4) is 0 Å². The second kappa shape index (κ2) is 4.72. The van der Waals surface area contributed by atoms with E-state index < -0.39 is 0 Å². The van der Waals surface area contributed by atoms with E-state index in [1.54, 1.807) is 12.1 Å². The average Bonchev–Trinajstić information content (AvgIpc) is 2.79. The van der Waals surface area contributed by atoms with Gasteiger partial charge in [-0.25, -0.2) is 4.39 Å². The minimum Gasteiger partial charge on any atom is -0.330 e. The standard InChI is InChI=1S/C14H15FN4O/c1-7-11-12(8-2-4-9(15)5-3-8)10(6-16)14(20)17-13(11)19-18-7/h2-5,10,12H,6,16H2,1H3,(H2,17,18,19,20)/t10?,12-/m1/s1. The number of carbonyl (C=O) groups excluding carboxylic acids is 1. The minimum absolute atomic E-state index is 0.152. The Balaban J connectivity index is 2.15. The highest BCUT2D eigenvalue weighted by atomic mass is 19.1. The molecule has 104 valence electrons. The fourth-order valence-electron chi connectivity index (χ4n) is 2.79. The monoisotopic (exact) mass is 274 g/mol. The zero-order chi connectivity index (χ0) is 14.3. The normalized spacial score (nSPS) is 21.4. The number of aromatic amines is 1. The van der Waals surface area contributed by atoms with Gasteiger partial charge in [0.25, 0.3) is 0 Å².